The van der Waals surface area contributed by atoms with Gasteiger partial charge in [0.1, 0.15) is 11.9 Å². The van der Waals surface area contributed by atoms with E-state index in [-0.39, 0.29) is 36.6 Å². The molecule has 1 heterocycles. The standard InChI is InChI=1S/C29H32FN3O3/c1-19(2)17-31-28(35)20(3)33(18-22-9-4-5-13-24(22)30)26(34)15-8-16-32-25-14-7-11-21-10-6-12-23(27(21)25)29(32)36/h4-7,9-14,19-20H,8,15-18H2,1-3H3,(H,31,35)/t20-/m0/s1. The molecule has 0 spiro atoms. The molecule has 0 fully saturated rings. The van der Waals surface area contributed by atoms with E-state index in [2.05, 4.69) is 5.32 Å². The lowest BCUT2D eigenvalue weighted by atomic mass is 10.1. The Morgan fingerprint density at radius 2 is 1.72 bits per heavy atom. The minimum atomic E-state index is -0.762. The predicted octanol–water partition coefficient (Wildman–Crippen LogP) is 4.91. The highest BCUT2D eigenvalue weighted by Gasteiger charge is 2.30. The number of carbonyl (C=O) groups excluding carboxylic acids is 3. The molecule has 1 aliphatic rings. The van der Waals surface area contributed by atoms with Crippen LogP contribution in [0.1, 0.15) is 49.5 Å². The van der Waals surface area contributed by atoms with Crippen LogP contribution in [0.3, 0.4) is 0 Å². The number of anilines is 1. The van der Waals surface area contributed by atoms with Crippen LogP contribution in [0.5, 0.6) is 0 Å². The molecule has 1 N–H and O–H groups in total. The normalized spacial score (nSPS) is 13.4. The summed E-state index contributed by atoms with van der Waals surface area (Å²) < 4.78 is 14.4. The minimum absolute atomic E-state index is 0.00480. The Kier molecular flexibility index (Phi) is 7.67. The Hall–Kier alpha value is -3.74. The highest BCUT2D eigenvalue weighted by atomic mass is 19.1. The van der Waals surface area contributed by atoms with Crippen molar-refractivity contribution in [2.45, 2.75) is 46.2 Å². The van der Waals surface area contributed by atoms with Gasteiger partial charge in [-0.15, -0.1) is 0 Å². The van der Waals surface area contributed by atoms with Crippen molar-refractivity contribution >= 4 is 34.2 Å². The minimum Gasteiger partial charge on any atom is -0.354 e. The van der Waals surface area contributed by atoms with E-state index in [1.165, 1.54) is 11.0 Å². The fourth-order valence-electron chi connectivity index (χ4n) is 4.58. The smallest absolute Gasteiger partial charge is 0.258 e. The van der Waals surface area contributed by atoms with Gasteiger partial charge in [0.25, 0.3) is 5.91 Å². The van der Waals surface area contributed by atoms with Crippen LogP contribution >= 0.6 is 0 Å². The van der Waals surface area contributed by atoms with Crippen LogP contribution in [0.4, 0.5) is 10.1 Å². The first kappa shape index (κ1) is 25.4. The Labute approximate surface area is 211 Å². The maximum atomic E-state index is 14.4. The lowest BCUT2D eigenvalue weighted by Crippen LogP contribution is -2.48. The average molecular weight is 490 g/mol. The molecule has 0 radical (unpaired) electrons. The fourth-order valence-corrected chi connectivity index (χ4v) is 4.58. The molecular formula is C29H32FN3O3. The van der Waals surface area contributed by atoms with Gasteiger partial charge >= 0.3 is 0 Å². The third-order valence-corrected chi connectivity index (χ3v) is 6.57. The van der Waals surface area contributed by atoms with Crippen molar-refractivity contribution < 1.29 is 18.8 Å². The van der Waals surface area contributed by atoms with Gasteiger partial charge in [0, 0.05) is 42.6 Å². The first-order valence-electron chi connectivity index (χ1n) is 12.4. The van der Waals surface area contributed by atoms with Gasteiger partial charge < -0.3 is 15.1 Å². The van der Waals surface area contributed by atoms with E-state index in [1.54, 1.807) is 30.0 Å². The van der Waals surface area contributed by atoms with Crippen LogP contribution in [0.25, 0.3) is 10.8 Å². The zero-order valence-corrected chi connectivity index (χ0v) is 21.0. The zero-order chi connectivity index (χ0) is 25.8. The number of hydrogen-bond acceptors (Lipinski definition) is 3. The monoisotopic (exact) mass is 489 g/mol. The number of carbonyl (C=O) groups is 3. The topological polar surface area (TPSA) is 69.7 Å². The van der Waals surface area contributed by atoms with Gasteiger partial charge in [0.15, 0.2) is 0 Å². The van der Waals surface area contributed by atoms with Crippen molar-refractivity contribution in [3.8, 4) is 0 Å². The number of nitrogens with one attached hydrogen (secondary N) is 1. The number of nitrogens with zero attached hydrogens (tertiary/aromatic N) is 2. The SMILES string of the molecule is CC(C)CNC(=O)[C@H](C)N(Cc1ccccc1F)C(=O)CCCN1C(=O)c2cccc3cccc1c23. The lowest BCUT2D eigenvalue weighted by Gasteiger charge is -2.29. The third kappa shape index (κ3) is 5.25. The third-order valence-electron chi connectivity index (χ3n) is 6.57. The second-order valence-electron chi connectivity index (χ2n) is 9.67. The molecular weight excluding hydrogens is 457 g/mol. The summed E-state index contributed by atoms with van der Waals surface area (Å²) in [6, 6.07) is 17.0. The summed E-state index contributed by atoms with van der Waals surface area (Å²) in [6.07, 6.45) is 0.551. The first-order valence-corrected chi connectivity index (χ1v) is 12.4. The average Bonchev–Trinajstić information content (AvgIpc) is 3.14. The number of rotatable bonds is 10. The predicted molar refractivity (Wildman–Crippen MR) is 139 cm³/mol. The number of benzene rings is 3. The zero-order valence-electron chi connectivity index (χ0n) is 21.0. The first-order chi connectivity index (χ1) is 17.3. The molecule has 7 heteroatoms. The summed E-state index contributed by atoms with van der Waals surface area (Å²) in [4.78, 5) is 42.3. The molecule has 0 aromatic heterocycles. The Balaban J connectivity index is 1.46. The van der Waals surface area contributed by atoms with Crippen molar-refractivity contribution in [3.63, 3.8) is 0 Å². The molecule has 0 bridgehead atoms. The van der Waals surface area contributed by atoms with E-state index < -0.39 is 11.9 Å². The van der Waals surface area contributed by atoms with Gasteiger partial charge in [-0.25, -0.2) is 4.39 Å². The highest BCUT2D eigenvalue weighted by molar-refractivity contribution is 6.25. The lowest BCUT2D eigenvalue weighted by molar-refractivity contribution is -0.140. The molecule has 188 valence electrons. The molecule has 1 atom stereocenters. The van der Waals surface area contributed by atoms with Crippen molar-refractivity contribution in [2.75, 3.05) is 18.0 Å². The van der Waals surface area contributed by atoms with E-state index in [0.29, 0.717) is 30.6 Å². The van der Waals surface area contributed by atoms with Gasteiger partial charge in [-0.1, -0.05) is 56.3 Å². The number of halogens is 1. The van der Waals surface area contributed by atoms with E-state index >= 15 is 0 Å². The van der Waals surface area contributed by atoms with Crippen LogP contribution in [0.15, 0.2) is 60.7 Å². The number of hydrogen-bond donors (Lipinski definition) is 1. The summed E-state index contributed by atoms with van der Waals surface area (Å²) in [6.45, 7) is 6.51. The fraction of sp³-hybridized carbons (Fsp3) is 0.345. The molecule has 4 rings (SSSR count). The van der Waals surface area contributed by atoms with Crippen LogP contribution in [-0.4, -0.2) is 41.8 Å². The summed E-state index contributed by atoms with van der Waals surface area (Å²) >= 11 is 0. The second kappa shape index (κ2) is 10.9. The maximum Gasteiger partial charge on any atom is 0.258 e. The van der Waals surface area contributed by atoms with Gasteiger partial charge in [0.05, 0.1) is 5.69 Å². The van der Waals surface area contributed by atoms with Gasteiger partial charge in [-0.05, 0) is 42.8 Å². The van der Waals surface area contributed by atoms with Gasteiger partial charge in [0.2, 0.25) is 11.8 Å². The Morgan fingerprint density at radius 3 is 2.44 bits per heavy atom. The molecule has 6 nitrogen and oxygen atoms in total. The van der Waals surface area contributed by atoms with Crippen LogP contribution < -0.4 is 10.2 Å². The quantitative estimate of drug-likeness (QED) is 0.440. The van der Waals surface area contributed by atoms with Crippen LogP contribution in [-0.2, 0) is 16.1 Å². The van der Waals surface area contributed by atoms with Crippen molar-refractivity contribution in [1.29, 1.82) is 0 Å². The highest BCUT2D eigenvalue weighted by Crippen LogP contribution is 2.37. The molecule has 36 heavy (non-hydrogen) atoms. The molecule has 0 saturated heterocycles. The molecule has 3 aromatic rings. The summed E-state index contributed by atoms with van der Waals surface area (Å²) in [7, 11) is 0. The number of amides is 3. The molecule has 3 amide bonds. The van der Waals surface area contributed by atoms with E-state index in [4.69, 9.17) is 0 Å². The van der Waals surface area contributed by atoms with Crippen molar-refractivity contribution in [2.24, 2.45) is 5.92 Å². The molecule has 1 aliphatic heterocycles. The summed E-state index contributed by atoms with van der Waals surface area (Å²) in [5.74, 6) is -0.751. The molecule has 0 saturated carbocycles. The molecule has 0 aliphatic carbocycles. The van der Waals surface area contributed by atoms with Crippen molar-refractivity contribution in [3.05, 3.63) is 77.6 Å². The summed E-state index contributed by atoms with van der Waals surface area (Å²) in [5.41, 5.74) is 1.88. The van der Waals surface area contributed by atoms with Gasteiger partial charge in [-0.3, -0.25) is 14.4 Å². The van der Waals surface area contributed by atoms with Crippen molar-refractivity contribution in [1.82, 2.24) is 10.2 Å². The Bertz CT molecular complexity index is 1280. The molecule has 3 aromatic carbocycles. The van der Waals surface area contributed by atoms with E-state index in [9.17, 15) is 18.8 Å². The largest absolute Gasteiger partial charge is 0.354 e. The van der Waals surface area contributed by atoms with E-state index in [1.807, 2.05) is 50.2 Å². The summed E-state index contributed by atoms with van der Waals surface area (Å²) in [5, 5.41) is 4.81. The Morgan fingerprint density at radius 1 is 1.00 bits per heavy atom. The van der Waals surface area contributed by atoms with Crippen LogP contribution in [0.2, 0.25) is 0 Å². The van der Waals surface area contributed by atoms with Gasteiger partial charge in [-0.2, -0.15) is 0 Å². The van der Waals surface area contributed by atoms with Crippen LogP contribution in [0, 0.1) is 11.7 Å². The maximum absolute atomic E-state index is 14.4. The molecule has 0 unspecified atom stereocenters. The van der Waals surface area contributed by atoms with E-state index in [0.717, 1.165) is 16.5 Å². The second-order valence-corrected chi connectivity index (χ2v) is 9.67.